The minimum Gasteiger partial charge on any atom is -0.339 e. The fourth-order valence-corrected chi connectivity index (χ4v) is 2.39. The summed E-state index contributed by atoms with van der Waals surface area (Å²) in [5.41, 5.74) is 1.80. The van der Waals surface area contributed by atoms with E-state index in [1.54, 1.807) is 18.2 Å². The Balaban J connectivity index is 1.98. The van der Waals surface area contributed by atoms with Gasteiger partial charge in [-0.1, -0.05) is 5.21 Å². The topological polar surface area (TPSA) is 68.1 Å². The average molecular weight is 258 g/mol. The lowest BCUT2D eigenvalue weighted by Gasteiger charge is -2.14. The Morgan fingerprint density at radius 2 is 1.95 bits per heavy atom. The summed E-state index contributed by atoms with van der Waals surface area (Å²) in [6.07, 6.45) is 2.13. The standard InChI is InChI=1S/C13H14N4O2/c1-9(18)17-12-5-4-10(8-11(12)14-15-17)13(19)16-6-2-3-7-16/h4-5,8H,2-3,6-7H2,1H3. The van der Waals surface area contributed by atoms with Crippen molar-refractivity contribution in [3.8, 4) is 0 Å². The van der Waals surface area contributed by atoms with Gasteiger partial charge in [-0.2, -0.15) is 4.68 Å². The summed E-state index contributed by atoms with van der Waals surface area (Å²) in [5, 5.41) is 7.72. The van der Waals surface area contributed by atoms with E-state index in [1.165, 1.54) is 11.6 Å². The molecule has 1 amide bonds. The van der Waals surface area contributed by atoms with Crippen LogP contribution in [-0.2, 0) is 0 Å². The van der Waals surface area contributed by atoms with Crippen LogP contribution >= 0.6 is 0 Å². The van der Waals surface area contributed by atoms with Crippen molar-refractivity contribution < 1.29 is 9.59 Å². The van der Waals surface area contributed by atoms with E-state index in [1.807, 2.05) is 4.90 Å². The molecule has 0 aliphatic carbocycles. The minimum atomic E-state index is -0.193. The quantitative estimate of drug-likeness (QED) is 0.773. The smallest absolute Gasteiger partial charge is 0.253 e. The molecule has 19 heavy (non-hydrogen) atoms. The largest absolute Gasteiger partial charge is 0.339 e. The van der Waals surface area contributed by atoms with Crippen LogP contribution in [-0.4, -0.2) is 44.8 Å². The van der Waals surface area contributed by atoms with Gasteiger partial charge in [0.05, 0.1) is 5.52 Å². The first-order valence-electron chi connectivity index (χ1n) is 6.32. The minimum absolute atomic E-state index is 0.0248. The molecule has 0 spiro atoms. The van der Waals surface area contributed by atoms with Gasteiger partial charge in [-0.05, 0) is 31.0 Å². The zero-order valence-electron chi connectivity index (χ0n) is 10.7. The van der Waals surface area contributed by atoms with Gasteiger partial charge in [0.25, 0.3) is 5.91 Å². The molecule has 1 saturated heterocycles. The van der Waals surface area contributed by atoms with E-state index in [0.717, 1.165) is 25.9 Å². The second-order valence-electron chi connectivity index (χ2n) is 4.72. The summed E-state index contributed by atoms with van der Waals surface area (Å²) >= 11 is 0. The predicted octanol–water partition coefficient (Wildman–Crippen LogP) is 1.33. The predicted molar refractivity (Wildman–Crippen MR) is 69.0 cm³/mol. The fraction of sp³-hybridized carbons (Fsp3) is 0.385. The Hall–Kier alpha value is -2.24. The van der Waals surface area contributed by atoms with Crippen LogP contribution in [0.25, 0.3) is 11.0 Å². The number of nitrogens with zero attached hydrogens (tertiary/aromatic N) is 4. The highest BCUT2D eigenvalue weighted by atomic mass is 16.2. The molecule has 0 N–H and O–H groups in total. The van der Waals surface area contributed by atoms with Gasteiger partial charge < -0.3 is 4.90 Å². The molecular weight excluding hydrogens is 244 g/mol. The molecule has 1 aliphatic rings. The summed E-state index contributed by atoms with van der Waals surface area (Å²) in [7, 11) is 0. The van der Waals surface area contributed by atoms with Crippen molar-refractivity contribution in [3.63, 3.8) is 0 Å². The summed E-state index contributed by atoms with van der Waals surface area (Å²) in [4.78, 5) is 25.4. The van der Waals surface area contributed by atoms with Crippen molar-refractivity contribution in [2.45, 2.75) is 19.8 Å². The molecule has 6 nitrogen and oxygen atoms in total. The Kier molecular flexibility index (Phi) is 2.77. The molecule has 1 fully saturated rings. The van der Waals surface area contributed by atoms with E-state index in [4.69, 9.17) is 0 Å². The van der Waals surface area contributed by atoms with Crippen molar-refractivity contribution >= 4 is 22.8 Å². The zero-order valence-corrected chi connectivity index (χ0v) is 10.7. The van der Waals surface area contributed by atoms with Gasteiger partial charge in [0.2, 0.25) is 5.91 Å². The van der Waals surface area contributed by atoms with E-state index in [-0.39, 0.29) is 11.8 Å². The number of likely N-dealkylation sites (tertiary alicyclic amines) is 1. The van der Waals surface area contributed by atoms with Crippen LogP contribution in [0.3, 0.4) is 0 Å². The zero-order chi connectivity index (χ0) is 13.4. The van der Waals surface area contributed by atoms with Crippen LogP contribution in [0, 0.1) is 0 Å². The summed E-state index contributed by atoms with van der Waals surface area (Å²) in [5.74, 6) is -0.169. The lowest BCUT2D eigenvalue weighted by atomic mass is 10.1. The van der Waals surface area contributed by atoms with Crippen molar-refractivity contribution in [2.24, 2.45) is 0 Å². The SMILES string of the molecule is CC(=O)n1nnc2cc(C(=O)N3CCCC3)ccc21. The average Bonchev–Trinajstić information content (AvgIpc) is 3.06. The van der Waals surface area contributed by atoms with Gasteiger partial charge >= 0.3 is 0 Å². The maximum Gasteiger partial charge on any atom is 0.253 e. The second-order valence-corrected chi connectivity index (χ2v) is 4.72. The molecule has 2 aromatic rings. The van der Waals surface area contributed by atoms with Crippen LogP contribution in [0.2, 0.25) is 0 Å². The summed E-state index contributed by atoms with van der Waals surface area (Å²) in [6, 6.07) is 5.15. The van der Waals surface area contributed by atoms with Gasteiger partial charge in [-0.25, -0.2) is 0 Å². The number of fused-ring (bicyclic) bond motifs is 1. The molecule has 1 aliphatic heterocycles. The number of carbonyl (C=O) groups is 2. The highest BCUT2D eigenvalue weighted by molar-refractivity contribution is 5.98. The monoisotopic (exact) mass is 258 g/mol. The summed E-state index contributed by atoms with van der Waals surface area (Å²) < 4.78 is 1.24. The van der Waals surface area contributed by atoms with Gasteiger partial charge in [-0.3, -0.25) is 9.59 Å². The maximum absolute atomic E-state index is 12.2. The molecule has 98 valence electrons. The van der Waals surface area contributed by atoms with E-state index < -0.39 is 0 Å². The highest BCUT2D eigenvalue weighted by Gasteiger charge is 2.20. The molecule has 3 rings (SSSR count). The van der Waals surface area contributed by atoms with Crippen LogP contribution in [0.1, 0.15) is 34.9 Å². The first kappa shape index (κ1) is 11.8. The first-order valence-corrected chi connectivity index (χ1v) is 6.32. The Morgan fingerprint density at radius 1 is 1.21 bits per heavy atom. The number of hydrogen-bond donors (Lipinski definition) is 0. The third-order valence-corrected chi connectivity index (χ3v) is 3.38. The van der Waals surface area contributed by atoms with Gasteiger partial charge in [0.1, 0.15) is 5.52 Å². The molecule has 1 aromatic carbocycles. The first-order chi connectivity index (χ1) is 9.16. The highest BCUT2D eigenvalue weighted by Crippen LogP contribution is 2.17. The van der Waals surface area contributed by atoms with Crippen LogP contribution in [0.5, 0.6) is 0 Å². The maximum atomic E-state index is 12.2. The molecule has 0 unspecified atom stereocenters. The second kappa shape index (κ2) is 4.46. The Bertz CT molecular complexity index is 656. The molecular formula is C13H14N4O2. The van der Waals surface area contributed by atoms with Crippen LogP contribution in [0.4, 0.5) is 0 Å². The molecule has 0 bridgehead atoms. The third kappa shape index (κ3) is 1.99. The Labute approximate surface area is 110 Å². The molecule has 0 radical (unpaired) electrons. The molecule has 0 atom stereocenters. The van der Waals surface area contributed by atoms with Crippen molar-refractivity contribution in [1.29, 1.82) is 0 Å². The third-order valence-electron chi connectivity index (χ3n) is 3.38. The van der Waals surface area contributed by atoms with Crippen LogP contribution in [0.15, 0.2) is 18.2 Å². The van der Waals surface area contributed by atoms with E-state index in [9.17, 15) is 9.59 Å². The van der Waals surface area contributed by atoms with Crippen LogP contribution < -0.4 is 0 Å². The van der Waals surface area contributed by atoms with Crippen molar-refractivity contribution in [1.82, 2.24) is 19.9 Å². The number of amides is 1. The van der Waals surface area contributed by atoms with E-state index in [0.29, 0.717) is 16.6 Å². The lowest BCUT2D eigenvalue weighted by Crippen LogP contribution is -2.27. The number of benzene rings is 1. The number of carbonyl (C=O) groups excluding carboxylic acids is 2. The molecule has 1 aromatic heterocycles. The van der Waals surface area contributed by atoms with Gasteiger partial charge in [0, 0.05) is 25.6 Å². The van der Waals surface area contributed by atoms with Crippen molar-refractivity contribution in [3.05, 3.63) is 23.8 Å². The van der Waals surface area contributed by atoms with Crippen molar-refractivity contribution in [2.75, 3.05) is 13.1 Å². The summed E-state index contributed by atoms with van der Waals surface area (Å²) in [6.45, 7) is 3.06. The van der Waals surface area contributed by atoms with Gasteiger partial charge in [0.15, 0.2) is 0 Å². The van der Waals surface area contributed by atoms with E-state index >= 15 is 0 Å². The molecule has 2 heterocycles. The Morgan fingerprint density at radius 3 is 2.63 bits per heavy atom. The number of aromatic nitrogens is 3. The van der Waals surface area contributed by atoms with Gasteiger partial charge in [-0.15, -0.1) is 5.10 Å². The lowest BCUT2D eigenvalue weighted by molar-refractivity contribution is 0.0792. The molecule has 0 saturated carbocycles. The normalized spacial score (nSPS) is 15.1. The number of hydrogen-bond acceptors (Lipinski definition) is 4. The molecule has 6 heteroatoms. The fourth-order valence-electron chi connectivity index (χ4n) is 2.39. The number of rotatable bonds is 1. The van der Waals surface area contributed by atoms with E-state index in [2.05, 4.69) is 10.3 Å².